The van der Waals surface area contributed by atoms with Gasteiger partial charge in [0.05, 0.1) is 20.3 Å². The summed E-state index contributed by atoms with van der Waals surface area (Å²) >= 11 is 0. The van der Waals surface area contributed by atoms with Gasteiger partial charge in [0, 0.05) is 18.2 Å². The molecule has 12 nitrogen and oxygen atoms in total. The second-order valence-electron chi connectivity index (χ2n) is 5.14. The molecule has 12 heteroatoms. The maximum atomic E-state index is 12.7. The molecule has 0 saturated carbocycles. The average molecular weight is 359 g/mol. The van der Waals surface area contributed by atoms with Gasteiger partial charge in [0.1, 0.15) is 22.4 Å². The Kier molecular flexibility index (Phi) is 3.46. The first-order valence-electron chi connectivity index (χ1n) is 6.72. The molecule has 1 aliphatic rings. The third-order valence-corrected chi connectivity index (χ3v) is 3.82. The standard InChI is InChI=1S/C14H5N3O9/c18-8-4-3-7(17(25)26)11-12(8)14(20)10-6(16(23)24)2-1-5(15(21)22)9(10)13(11)19/h1-4,18H. The molecule has 0 fully saturated rings. The molecule has 1 N–H and O–H groups in total. The predicted molar refractivity (Wildman–Crippen MR) is 81.4 cm³/mol. The number of ketones is 2. The predicted octanol–water partition coefficient (Wildman–Crippen LogP) is 1.89. The number of hydrogen-bond donors (Lipinski definition) is 1. The molecule has 0 atom stereocenters. The largest absolute Gasteiger partial charge is 0.507 e. The van der Waals surface area contributed by atoms with E-state index in [1.807, 2.05) is 0 Å². The second kappa shape index (κ2) is 5.41. The van der Waals surface area contributed by atoms with Crippen molar-refractivity contribution in [2.75, 3.05) is 0 Å². The van der Waals surface area contributed by atoms with E-state index in [0.717, 1.165) is 12.1 Å². The van der Waals surface area contributed by atoms with Crippen LogP contribution in [0.5, 0.6) is 5.75 Å². The van der Waals surface area contributed by atoms with Crippen molar-refractivity contribution < 1.29 is 29.5 Å². The Labute approximate surface area is 141 Å². The van der Waals surface area contributed by atoms with E-state index in [-0.39, 0.29) is 0 Å². The lowest BCUT2D eigenvalue weighted by atomic mass is 9.81. The normalized spacial score (nSPS) is 12.3. The molecule has 3 rings (SSSR count). The second-order valence-corrected chi connectivity index (χ2v) is 5.14. The van der Waals surface area contributed by atoms with Crippen LogP contribution in [0.15, 0.2) is 24.3 Å². The van der Waals surface area contributed by atoms with Crippen LogP contribution in [0.1, 0.15) is 31.8 Å². The number of nitro benzene ring substituents is 3. The highest BCUT2D eigenvalue weighted by molar-refractivity contribution is 6.33. The van der Waals surface area contributed by atoms with Crippen LogP contribution in [0.4, 0.5) is 17.1 Å². The van der Waals surface area contributed by atoms with E-state index in [1.54, 1.807) is 0 Å². The van der Waals surface area contributed by atoms with Gasteiger partial charge in [0.15, 0.2) is 0 Å². The van der Waals surface area contributed by atoms with E-state index in [2.05, 4.69) is 0 Å². The first-order chi connectivity index (χ1) is 12.2. The molecular weight excluding hydrogens is 354 g/mol. The lowest BCUT2D eigenvalue weighted by molar-refractivity contribution is -0.389. The third kappa shape index (κ3) is 2.09. The minimum Gasteiger partial charge on any atom is -0.507 e. The Morgan fingerprint density at radius 2 is 0.923 bits per heavy atom. The molecule has 0 unspecified atom stereocenters. The van der Waals surface area contributed by atoms with Crippen LogP contribution in [0, 0.1) is 30.3 Å². The summed E-state index contributed by atoms with van der Waals surface area (Å²) in [6.45, 7) is 0. The summed E-state index contributed by atoms with van der Waals surface area (Å²) < 4.78 is 0. The molecule has 0 amide bonds. The van der Waals surface area contributed by atoms with Gasteiger partial charge < -0.3 is 5.11 Å². The van der Waals surface area contributed by atoms with Crippen molar-refractivity contribution in [3.8, 4) is 5.75 Å². The van der Waals surface area contributed by atoms with Crippen molar-refractivity contribution in [2.45, 2.75) is 0 Å². The van der Waals surface area contributed by atoms with E-state index < -0.39 is 71.4 Å². The monoisotopic (exact) mass is 359 g/mol. The fourth-order valence-electron chi connectivity index (χ4n) is 2.79. The lowest BCUT2D eigenvalue weighted by Gasteiger charge is -2.18. The van der Waals surface area contributed by atoms with E-state index in [0.29, 0.717) is 12.1 Å². The van der Waals surface area contributed by atoms with Crippen LogP contribution in [-0.2, 0) is 0 Å². The number of aromatic hydroxyl groups is 1. The van der Waals surface area contributed by atoms with Crippen molar-refractivity contribution in [2.24, 2.45) is 0 Å². The number of fused-ring (bicyclic) bond motifs is 2. The Hall–Kier alpha value is -4.22. The lowest BCUT2D eigenvalue weighted by Crippen LogP contribution is -2.24. The van der Waals surface area contributed by atoms with Crippen LogP contribution in [0.3, 0.4) is 0 Å². The summed E-state index contributed by atoms with van der Waals surface area (Å²) in [6.07, 6.45) is 0. The van der Waals surface area contributed by atoms with Gasteiger partial charge in [0.25, 0.3) is 17.1 Å². The molecule has 0 aliphatic heterocycles. The first kappa shape index (κ1) is 16.6. The van der Waals surface area contributed by atoms with Crippen molar-refractivity contribution in [3.05, 3.63) is 76.9 Å². The summed E-state index contributed by atoms with van der Waals surface area (Å²) in [5, 5.41) is 43.4. The maximum Gasteiger partial charge on any atom is 0.281 e. The van der Waals surface area contributed by atoms with E-state index in [1.165, 1.54) is 0 Å². The molecule has 2 aromatic rings. The van der Waals surface area contributed by atoms with E-state index in [4.69, 9.17) is 0 Å². The van der Waals surface area contributed by atoms with Gasteiger partial charge in [0.2, 0.25) is 11.6 Å². The van der Waals surface area contributed by atoms with Gasteiger partial charge >= 0.3 is 0 Å². The SMILES string of the molecule is O=C1c2c(O)ccc([N+](=O)[O-])c2C(=O)c2c([N+](=O)[O-])ccc([N+](=O)[O-])c21. The highest BCUT2D eigenvalue weighted by Gasteiger charge is 2.45. The molecule has 26 heavy (non-hydrogen) atoms. The van der Waals surface area contributed by atoms with Crippen LogP contribution < -0.4 is 0 Å². The van der Waals surface area contributed by atoms with Crippen molar-refractivity contribution in [3.63, 3.8) is 0 Å². The highest BCUT2D eigenvalue weighted by atomic mass is 16.6. The Morgan fingerprint density at radius 1 is 0.615 bits per heavy atom. The summed E-state index contributed by atoms with van der Waals surface area (Å²) in [7, 11) is 0. The van der Waals surface area contributed by atoms with E-state index >= 15 is 0 Å². The van der Waals surface area contributed by atoms with Crippen LogP contribution in [0.25, 0.3) is 0 Å². The van der Waals surface area contributed by atoms with Gasteiger partial charge in [-0.15, -0.1) is 0 Å². The number of carbonyl (C=O) groups is 2. The summed E-state index contributed by atoms with van der Waals surface area (Å²) in [5.41, 5.74) is -6.13. The van der Waals surface area contributed by atoms with Gasteiger partial charge in [-0.3, -0.25) is 39.9 Å². The summed E-state index contributed by atoms with van der Waals surface area (Å²) in [6, 6.07) is 2.90. The zero-order valence-corrected chi connectivity index (χ0v) is 12.4. The van der Waals surface area contributed by atoms with Gasteiger partial charge in [-0.05, 0) is 6.07 Å². The first-order valence-corrected chi connectivity index (χ1v) is 6.72. The fourth-order valence-corrected chi connectivity index (χ4v) is 2.79. The van der Waals surface area contributed by atoms with Crippen LogP contribution in [0.2, 0.25) is 0 Å². The fraction of sp³-hybridized carbons (Fsp3) is 0. The molecule has 0 saturated heterocycles. The number of hydrogen-bond acceptors (Lipinski definition) is 9. The number of benzene rings is 2. The van der Waals surface area contributed by atoms with Crippen molar-refractivity contribution in [1.29, 1.82) is 0 Å². The molecule has 0 aromatic heterocycles. The zero-order valence-electron chi connectivity index (χ0n) is 12.4. The van der Waals surface area contributed by atoms with Crippen LogP contribution in [-0.4, -0.2) is 31.4 Å². The van der Waals surface area contributed by atoms with E-state index in [9.17, 15) is 45.0 Å². The van der Waals surface area contributed by atoms with Crippen LogP contribution >= 0.6 is 0 Å². The minimum atomic E-state index is -1.33. The number of rotatable bonds is 3. The van der Waals surface area contributed by atoms with Crippen molar-refractivity contribution >= 4 is 28.6 Å². The number of phenolic OH excluding ortho intramolecular Hbond substituents is 1. The Morgan fingerprint density at radius 3 is 1.31 bits per heavy atom. The van der Waals surface area contributed by atoms with Crippen molar-refractivity contribution in [1.82, 2.24) is 0 Å². The summed E-state index contributed by atoms with van der Waals surface area (Å²) in [4.78, 5) is 55.9. The molecule has 0 heterocycles. The highest BCUT2D eigenvalue weighted by Crippen LogP contribution is 2.43. The quantitative estimate of drug-likeness (QED) is 0.538. The topological polar surface area (TPSA) is 184 Å². The minimum absolute atomic E-state index is 0.668. The third-order valence-electron chi connectivity index (χ3n) is 3.82. The number of nitrogens with zero attached hydrogens (tertiary/aromatic N) is 3. The molecule has 0 radical (unpaired) electrons. The summed E-state index contributed by atoms with van der Waals surface area (Å²) in [5.74, 6) is -3.42. The van der Waals surface area contributed by atoms with Gasteiger partial charge in [-0.25, -0.2) is 0 Å². The number of nitro groups is 3. The molecule has 1 aliphatic carbocycles. The molecular formula is C14H5N3O9. The zero-order chi connectivity index (χ0) is 19.3. The Bertz CT molecular complexity index is 1070. The molecule has 130 valence electrons. The molecule has 2 aromatic carbocycles. The smallest absolute Gasteiger partial charge is 0.281 e. The molecule has 0 spiro atoms. The average Bonchev–Trinajstić information content (AvgIpc) is 2.57. The van der Waals surface area contributed by atoms with Gasteiger partial charge in [-0.2, -0.15) is 0 Å². The maximum absolute atomic E-state index is 12.7. The number of carbonyl (C=O) groups excluding carboxylic acids is 2. The Balaban J connectivity index is 2.51. The molecule has 0 bridgehead atoms. The van der Waals surface area contributed by atoms with Gasteiger partial charge in [-0.1, -0.05) is 0 Å². The number of phenols is 1.